The molecular formula is C13H23NO4. The molecule has 5 nitrogen and oxygen atoms in total. The number of nitrogens with one attached hydrogen (secondary N) is 1. The van der Waals surface area contributed by atoms with Crippen molar-refractivity contribution >= 4 is 6.09 Å². The van der Waals surface area contributed by atoms with E-state index in [-0.39, 0.29) is 17.9 Å². The molecule has 1 aliphatic heterocycles. The largest absolute Gasteiger partial charge is 0.453 e. The van der Waals surface area contributed by atoms with Crippen molar-refractivity contribution in [2.24, 2.45) is 5.92 Å². The predicted octanol–water partition coefficient (Wildman–Crippen LogP) is 2.05. The number of carbonyl (C=O) groups is 1. The van der Waals surface area contributed by atoms with Crippen LogP contribution in [0.2, 0.25) is 0 Å². The van der Waals surface area contributed by atoms with Crippen LogP contribution < -0.4 is 5.32 Å². The molecule has 18 heavy (non-hydrogen) atoms. The van der Waals surface area contributed by atoms with E-state index in [1.54, 1.807) is 0 Å². The molecule has 1 saturated heterocycles. The van der Waals surface area contributed by atoms with Crippen molar-refractivity contribution in [3.63, 3.8) is 0 Å². The van der Waals surface area contributed by atoms with E-state index in [9.17, 15) is 4.79 Å². The Labute approximate surface area is 108 Å². The monoisotopic (exact) mass is 257 g/mol. The van der Waals surface area contributed by atoms with Gasteiger partial charge in [-0.05, 0) is 25.2 Å². The van der Waals surface area contributed by atoms with Crippen LogP contribution in [0.25, 0.3) is 0 Å². The molecule has 1 spiro atoms. The van der Waals surface area contributed by atoms with Gasteiger partial charge in [-0.25, -0.2) is 4.79 Å². The number of hydrogen-bond donors (Lipinski definition) is 1. The van der Waals surface area contributed by atoms with Crippen molar-refractivity contribution in [1.29, 1.82) is 0 Å². The van der Waals surface area contributed by atoms with E-state index in [4.69, 9.17) is 9.47 Å². The summed E-state index contributed by atoms with van der Waals surface area (Å²) in [5.41, 5.74) is 0. The van der Waals surface area contributed by atoms with Gasteiger partial charge in [0.25, 0.3) is 0 Å². The molecule has 0 aromatic carbocycles. The van der Waals surface area contributed by atoms with E-state index in [1.165, 1.54) is 7.11 Å². The molecule has 5 heteroatoms. The Balaban J connectivity index is 1.85. The average Bonchev–Trinajstić information content (AvgIpc) is 2.85. The Hall–Kier alpha value is -0.810. The first-order valence-corrected chi connectivity index (χ1v) is 6.81. The highest BCUT2D eigenvalue weighted by Gasteiger charge is 2.41. The van der Waals surface area contributed by atoms with E-state index in [1.807, 2.05) is 0 Å². The van der Waals surface area contributed by atoms with Gasteiger partial charge in [-0.1, -0.05) is 6.92 Å². The summed E-state index contributed by atoms with van der Waals surface area (Å²) in [6.45, 7) is 3.51. The minimum absolute atomic E-state index is 0.191. The zero-order chi connectivity index (χ0) is 13.0. The number of alkyl carbamates (subject to hydrolysis) is 1. The van der Waals surface area contributed by atoms with E-state index >= 15 is 0 Å². The molecule has 0 aromatic heterocycles. The van der Waals surface area contributed by atoms with Gasteiger partial charge in [0.2, 0.25) is 0 Å². The summed E-state index contributed by atoms with van der Waals surface area (Å²) in [6.07, 6.45) is 4.50. The first kappa shape index (κ1) is 13.6. The molecule has 2 fully saturated rings. The van der Waals surface area contributed by atoms with Crippen molar-refractivity contribution < 1.29 is 19.0 Å². The number of rotatable bonds is 3. The lowest BCUT2D eigenvalue weighted by Gasteiger charge is -2.38. The highest BCUT2D eigenvalue weighted by Crippen LogP contribution is 2.39. The number of hydrogen-bond acceptors (Lipinski definition) is 4. The van der Waals surface area contributed by atoms with Gasteiger partial charge in [0, 0.05) is 18.9 Å². The third-order valence-electron chi connectivity index (χ3n) is 4.10. The molecule has 1 N–H and O–H groups in total. The van der Waals surface area contributed by atoms with Gasteiger partial charge >= 0.3 is 6.09 Å². The molecule has 1 unspecified atom stereocenters. The fourth-order valence-electron chi connectivity index (χ4n) is 3.03. The number of methoxy groups -OCH3 is 1. The molecule has 1 atom stereocenters. The Morgan fingerprint density at radius 1 is 1.39 bits per heavy atom. The summed E-state index contributed by atoms with van der Waals surface area (Å²) in [6, 6.07) is 0.191. The van der Waals surface area contributed by atoms with Crippen LogP contribution in [0.5, 0.6) is 0 Å². The minimum Gasteiger partial charge on any atom is -0.453 e. The number of carbonyl (C=O) groups excluding carboxylic acids is 1. The van der Waals surface area contributed by atoms with Gasteiger partial charge in [0.1, 0.15) is 0 Å². The Bertz CT molecular complexity index is 279. The molecular weight excluding hydrogens is 234 g/mol. The van der Waals surface area contributed by atoms with Crippen LogP contribution in [0.4, 0.5) is 4.79 Å². The third-order valence-corrected chi connectivity index (χ3v) is 4.10. The maximum atomic E-state index is 11.3. The molecule has 2 rings (SSSR count). The maximum absolute atomic E-state index is 11.3. The zero-order valence-corrected chi connectivity index (χ0v) is 11.2. The van der Waals surface area contributed by atoms with Crippen LogP contribution in [-0.4, -0.2) is 38.2 Å². The van der Waals surface area contributed by atoms with Gasteiger partial charge in [-0.15, -0.1) is 0 Å². The summed E-state index contributed by atoms with van der Waals surface area (Å²) in [4.78, 5) is 11.3. The molecule has 0 radical (unpaired) electrons. The molecule has 104 valence electrons. The standard InChI is InChI=1S/C13H23NO4/c1-3-11(14-12(15)16-2)10-4-6-13(7-5-10)17-8-9-18-13/h10-11H,3-9H2,1-2H3,(H,14,15). The van der Waals surface area contributed by atoms with E-state index in [2.05, 4.69) is 17.0 Å². The van der Waals surface area contributed by atoms with Gasteiger partial charge in [0.05, 0.1) is 20.3 Å². The SMILES string of the molecule is CCC(NC(=O)OC)C1CCC2(CC1)OCCO2. The van der Waals surface area contributed by atoms with Crippen molar-refractivity contribution in [3.8, 4) is 0 Å². The van der Waals surface area contributed by atoms with Crippen LogP contribution in [0.15, 0.2) is 0 Å². The smallest absolute Gasteiger partial charge is 0.407 e. The highest BCUT2D eigenvalue weighted by molar-refractivity contribution is 5.67. The lowest BCUT2D eigenvalue weighted by molar-refractivity contribution is -0.183. The number of amides is 1. The van der Waals surface area contributed by atoms with Gasteiger partial charge in [0.15, 0.2) is 5.79 Å². The highest BCUT2D eigenvalue weighted by atomic mass is 16.7. The minimum atomic E-state index is -0.337. The summed E-state index contributed by atoms with van der Waals surface area (Å²) >= 11 is 0. The van der Waals surface area contributed by atoms with Gasteiger partial charge in [-0.2, -0.15) is 0 Å². The summed E-state index contributed by atoms with van der Waals surface area (Å²) in [5, 5.41) is 2.92. The second kappa shape index (κ2) is 5.89. The van der Waals surface area contributed by atoms with Gasteiger partial charge < -0.3 is 19.5 Å². The fraction of sp³-hybridized carbons (Fsp3) is 0.923. The Kier molecular flexibility index (Phi) is 4.45. The van der Waals surface area contributed by atoms with E-state index in [0.29, 0.717) is 19.1 Å². The molecule has 2 aliphatic rings. The molecule has 0 bridgehead atoms. The normalized spacial score (nSPS) is 25.0. The first-order valence-electron chi connectivity index (χ1n) is 6.81. The third kappa shape index (κ3) is 2.95. The van der Waals surface area contributed by atoms with Crippen LogP contribution >= 0.6 is 0 Å². The molecule has 1 aliphatic carbocycles. The summed E-state index contributed by atoms with van der Waals surface area (Å²) in [7, 11) is 1.40. The van der Waals surface area contributed by atoms with Crippen LogP contribution in [0.1, 0.15) is 39.0 Å². The molecule has 1 saturated carbocycles. The van der Waals surface area contributed by atoms with E-state index < -0.39 is 0 Å². The first-order chi connectivity index (χ1) is 8.69. The van der Waals surface area contributed by atoms with Crippen molar-refractivity contribution in [2.45, 2.75) is 50.9 Å². The van der Waals surface area contributed by atoms with Crippen molar-refractivity contribution in [3.05, 3.63) is 0 Å². The van der Waals surface area contributed by atoms with Crippen LogP contribution in [-0.2, 0) is 14.2 Å². The lowest BCUT2D eigenvalue weighted by Crippen LogP contribution is -2.44. The second-order valence-corrected chi connectivity index (χ2v) is 5.10. The topological polar surface area (TPSA) is 56.8 Å². The van der Waals surface area contributed by atoms with Crippen molar-refractivity contribution in [1.82, 2.24) is 5.32 Å². The predicted molar refractivity (Wildman–Crippen MR) is 66.2 cm³/mol. The van der Waals surface area contributed by atoms with Crippen molar-refractivity contribution in [2.75, 3.05) is 20.3 Å². The Morgan fingerprint density at radius 2 is 2.00 bits per heavy atom. The lowest BCUT2D eigenvalue weighted by atomic mass is 9.80. The fourth-order valence-corrected chi connectivity index (χ4v) is 3.03. The summed E-state index contributed by atoms with van der Waals surface area (Å²) < 4.78 is 16.1. The van der Waals surface area contributed by atoms with Crippen LogP contribution in [0, 0.1) is 5.92 Å². The van der Waals surface area contributed by atoms with E-state index in [0.717, 1.165) is 32.1 Å². The van der Waals surface area contributed by atoms with Gasteiger partial charge in [-0.3, -0.25) is 0 Å². The Morgan fingerprint density at radius 3 is 2.50 bits per heavy atom. The number of ether oxygens (including phenoxy) is 3. The second-order valence-electron chi connectivity index (χ2n) is 5.10. The molecule has 1 amide bonds. The average molecular weight is 257 g/mol. The summed E-state index contributed by atoms with van der Waals surface area (Å²) in [5.74, 6) is 0.174. The maximum Gasteiger partial charge on any atom is 0.407 e. The quantitative estimate of drug-likeness (QED) is 0.840. The molecule has 1 heterocycles. The molecule has 0 aromatic rings. The zero-order valence-electron chi connectivity index (χ0n) is 11.2. The van der Waals surface area contributed by atoms with Crippen LogP contribution in [0.3, 0.4) is 0 Å².